The first-order chi connectivity index (χ1) is 7.15. The lowest BCUT2D eigenvalue weighted by Gasteiger charge is -1.99. The summed E-state index contributed by atoms with van der Waals surface area (Å²) in [6.45, 7) is 0.525. The number of amides is 1. The van der Waals surface area contributed by atoms with Crippen molar-refractivity contribution in [1.29, 1.82) is 0 Å². The zero-order chi connectivity index (χ0) is 11.3. The van der Waals surface area contributed by atoms with E-state index in [0.717, 1.165) is 6.42 Å². The number of carbonyl (C=O) groups excluding carboxylic acids is 1. The van der Waals surface area contributed by atoms with Gasteiger partial charge in [0.05, 0.1) is 0 Å². The topological polar surface area (TPSA) is 94.9 Å². The second-order valence-corrected chi connectivity index (χ2v) is 3.27. The Morgan fingerprint density at radius 3 is 2.87 bits per heavy atom. The molecule has 1 rings (SSSR count). The first-order valence-electron chi connectivity index (χ1n) is 4.73. The molecule has 7 nitrogen and oxygen atoms in total. The van der Waals surface area contributed by atoms with E-state index in [4.69, 9.17) is 5.84 Å². The van der Waals surface area contributed by atoms with Crippen molar-refractivity contribution in [3.8, 4) is 0 Å². The summed E-state index contributed by atoms with van der Waals surface area (Å²) in [4.78, 5) is 22.1. The molecule has 1 aromatic rings. The summed E-state index contributed by atoms with van der Waals surface area (Å²) in [6, 6.07) is 0. The van der Waals surface area contributed by atoms with Gasteiger partial charge in [0.25, 0.3) is 0 Å². The minimum absolute atomic E-state index is 0.140. The van der Waals surface area contributed by atoms with Gasteiger partial charge in [-0.15, -0.1) is 0 Å². The van der Waals surface area contributed by atoms with E-state index >= 15 is 0 Å². The molecule has 0 spiro atoms. The smallest absolute Gasteiger partial charge is 0.294 e. The van der Waals surface area contributed by atoms with Gasteiger partial charge in [-0.2, -0.15) is 5.10 Å². The average Bonchev–Trinajstić information content (AvgIpc) is 2.55. The largest absolute Gasteiger partial charge is 0.345 e. The Bertz CT molecular complexity index is 381. The molecule has 84 valence electrons. The van der Waals surface area contributed by atoms with Crippen LogP contribution in [0.3, 0.4) is 0 Å². The number of carbonyl (C=O) groups is 1. The third-order valence-electron chi connectivity index (χ3n) is 2.07. The lowest BCUT2D eigenvalue weighted by Crippen LogP contribution is -2.29. The molecule has 0 saturated carbocycles. The molecule has 3 N–H and O–H groups in total. The Morgan fingerprint density at radius 1 is 1.60 bits per heavy atom. The van der Waals surface area contributed by atoms with Crippen LogP contribution in [0.25, 0.3) is 0 Å². The third-order valence-corrected chi connectivity index (χ3v) is 2.07. The molecule has 0 atom stereocenters. The number of hydrogen-bond acceptors (Lipinski definition) is 4. The quantitative estimate of drug-likeness (QED) is 0.276. The number of nitrogens with one attached hydrogen (secondary N) is 1. The zero-order valence-corrected chi connectivity index (χ0v) is 8.64. The summed E-state index contributed by atoms with van der Waals surface area (Å²) in [5, 5.41) is 3.89. The molecule has 0 fully saturated rings. The molecule has 0 radical (unpaired) electrons. The van der Waals surface area contributed by atoms with Gasteiger partial charge in [0.2, 0.25) is 5.91 Å². The molecule has 0 unspecified atom stereocenters. The number of nitrogens with zero attached hydrogens (tertiary/aromatic N) is 3. The van der Waals surface area contributed by atoms with Crippen LogP contribution in [0, 0.1) is 0 Å². The van der Waals surface area contributed by atoms with Crippen LogP contribution in [0.5, 0.6) is 0 Å². The van der Waals surface area contributed by atoms with Gasteiger partial charge in [0.1, 0.15) is 6.33 Å². The van der Waals surface area contributed by atoms with Gasteiger partial charge < -0.3 is 0 Å². The molecule has 1 heterocycles. The number of aryl methyl sites for hydroxylation is 2. The normalized spacial score (nSPS) is 10.3. The van der Waals surface area contributed by atoms with Crippen LogP contribution in [-0.4, -0.2) is 20.3 Å². The second-order valence-electron chi connectivity index (χ2n) is 3.27. The van der Waals surface area contributed by atoms with Gasteiger partial charge in [-0.1, -0.05) is 0 Å². The van der Waals surface area contributed by atoms with Crippen LogP contribution in [0.4, 0.5) is 0 Å². The Morgan fingerprint density at radius 2 is 2.33 bits per heavy atom. The van der Waals surface area contributed by atoms with E-state index in [1.807, 2.05) is 0 Å². The van der Waals surface area contributed by atoms with Crippen molar-refractivity contribution in [3.63, 3.8) is 0 Å². The first kappa shape index (κ1) is 11.4. The molecule has 7 heteroatoms. The summed E-state index contributed by atoms with van der Waals surface area (Å²) in [5.74, 6) is 4.73. The van der Waals surface area contributed by atoms with Crippen molar-refractivity contribution in [2.75, 3.05) is 0 Å². The molecule has 0 aliphatic rings. The molecular weight excluding hydrogens is 198 g/mol. The highest BCUT2D eigenvalue weighted by atomic mass is 16.2. The highest BCUT2D eigenvalue weighted by Gasteiger charge is 2.02. The van der Waals surface area contributed by atoms with Crippen molar-refractivity contribution in [3.05, 3.63) is 16.8 Å². The van der Waals surface area contributed by atoms with Gasteiger partial charge in [0.15, 0.2) is 0 Å². The minimum atomic E-state index is -0.191. The molecular formula is C8H15N5O2. The fourth-order valence-electron chi connectivity index (χ4n) is 1.19. The van der Waals surface area contributed by atoms with Crippen molar-refractivity contribution in [2.45, 2.75) is 25.8 Å². The van der Waals surface area contributed by atoms with Crippen molar-refractivity contribution < 1.29 is 4.79 Å². The summed E-state index contributed by atoms with van der Waals surface area (Å²) in [5.41, 5.74) is 1.91. The fourth-order valence-corrected chi connectivity index (χ4v) is 1.19. The van der Waals surface area contributed by atoms with E-state index in [9.17, 15) is 9.59 Å². The molecule has 0 aromatic carbocycles. The maximum Gasteiger partial charge on any atom is 0.345 e. The van der Waals surface area contributed by atoms with E-state index in [2.05, 4.69) is 10.5 Å². The molecule has 0 aliphatic carbocycles. The van der Waals surface area contributed by atoms with Gasteiger partial charge >= 0.3 is 5.69 Å². The molecule has 15 heavy (non-hydrogen) atoms. The van der Waals surface area contributed by atoms with Crippen LogP contribution < -0.4 is 17.0 Å². The van der Waals surface area contributed by atoms with E-state index in [-0.39, 0.29) is 11.6 Å². The minimum Gasteiger partial charge on any atom is -0.294 e. The summed E-state index contributed by atoms with van der Waals surface area (Å²) in [7, 11) is 1.65. The van der Waals surface area contributed by atoms with Crippen LogP contribution in [0.15, 0.2) is 11.1 Å². The van der Waals surface area contributed by atoms with E-state index in [1.165, 1.54) is 15.6 Å². The number of nitrogens with two attached hydrogens (primary N) is 1. The fraction of sp³-hybridized carbons (Fsp3) is 0.625. The zero-order valence-electron chi connectivity index (χ0n) is 8.64. The molecule has 1 aromatic heterocycles. The van der Waals surface area contributed by atoms with Crippen molar-refractivity contribution in [1.82, 2.24) is 19.8 Å². The van der Waals surface area contributed by atoms with Crippen molar-refractivity contribution in [2.24, 2.45) is 12.9 Å². The van der Waals surface area contributed by atoms with E-state index in [1.54, 1.807) is 7.05 Å². The number of unbranched alkanes of at least 4 members (excludes halogenated alkanes) is 1. The molecule has 1 amide bonds. The van der Waals surface area contributed by atoms with Crippen LogP contribution in [-0.2, 0) is 18.4 Å². The Balaban J connectivity index is 2.29. The van der Waals surface area contributed by atoms with Gasteiger partial charge in [-0.25, -0.2) is 15.3 Å². The monoisotopic (exact) mass is 213 g/mol. The maximum atomic E-state index is 11.3. The summed E-state index contributed by atoms with van der Waals surface area (Å²) in [6.07, 6.45) is 3.25. The van der Waals surface area contributed by atoms with Gasteiger partial charge in [-0.05, 0) is 12.8 Å². The standard InChI is InChI=1S/C8H15N5O2/c1-12-6-10-13(8(12)15)5-3-2-4-7(14)11-9/h6H,2-5,9H2,1H3,(H,11,14). The van der Waals surface area contributed by atoms with Crippen LogP contribution in [0.2, 0.25) is 0 Å². The lowest BCUT2D eigenvalue weighted by molar-refractivity contribution is -0.121. The van der Waals surface area contributed by atoms with E-state index in [0.29, 0.717) is 19.4 Å². The van der Waals surface area contributed by atoms with E-state index < -0.39 is 0 Å². The lowest BCUT2D eigenvalue weighted by atomic mass is 10.2. The van der Waals surface area contributed by atoms with Crippen molar-refractivity contribution >= 4 is 5.91 Å². The number of hydrazine groups is 1. The number of aromatic nitrogens is 3. The Hall–Kier alpha value is -1.63. The molecule has 0 saturated heterocycles. The predicted molar refractivity (Wildman–Crippen MR) is 53.6 cm³/mol. The number of hydrogen-bond donors (Lipinski definition) is 2. The average molecular weight is 213 g/mol. The van der Waals surface area contributed by atoms with Crippen LogP contribution >= 0.6 is 0 Å². The Labute approximate surface area is 86.8 Å². The summed E-state index contributed by atoms with van der Waals surface area (Å²) >= 11 is 0. The molecule has 0 bridgehead atoms. The Kier molecular flexibility index (Phi) is 4.04. The predicted octanol–water partition coefficient (Wildman–Crippen LogP) is -1.26. The highest BCUT2D eigenvalue weighted by molar-refractivity contribution is 5.74. The first-order valence-corrected chi connectivity index (χ1v) is 4.73. The number of rotatable bonds is 5. The van der Waals surface area contributed by atoms with Gasteiger partial charge in [0, 0.05) is 20.0 Å². The van der Waals surface area contributed by atoms with Gasteiger partial charge in [-0.3, -0.25) is 14.8 Å². The highest BCUT2D eigenvalue weighted by Crippen LogP contribution is 1.96. The summed E-state index contributed by atoms with van der Waals surface area (Å²) < 4.78 is 2.78. The third kappa shape index (κ3) is 3.21. The second kappa shape index (κ2) is 5.30. The molecule has 0 aliphatic heterocycles. The maximum absolute atomic E-state index is 11.3. The van der Waals surface area contributed by atoms with Crippen LogP contribution in [0.1, 0.15) is 19.3 Å². The SMILES string of the molecule is Cn1cnn(CCCCC(=O)NN)c1=O.